The second-order valence-corrected chi connectivity index (χ2v) is 4.13. The summed E-state index contributed by atoms with van der Waals surface area (Å²) in [5, 5.41) is 17.0. The third-order valence-electron chi connectivity index (χ3n) is 2.63. The molecule has 0 heterocycles. The number of hydrogen-bond acceptors (Lipinski definition) is 3. The molecular weight excluding hydrogens is 371 g/mol. The van der Waals surface area contributed by atoms with Crippen molar-refractivity contribution in [1.82, 2.24) is 10.6 Å². The standard InChI is InChI=1S/C13H20N4O2.HI/c1-3-4-8-15-13(14-2)16-10-11-6-5-7-12(9-11)17(18)19;/h5-7,9H,3-4,8,10H2,1-2H3,(H2,14,15,16);1H. The van der Waals surface area contributed by atoms with E-state index in [-0.39, 0.29) is 29.7 Å². The van der Waals surface area contributed by atoms with Gasteiger partial charge in [0.05, 0.1) is 4.92 Å². The maximum Gasteiger partial charge on any atom is 0.269 e. The lowest BCUT2D eigenvalue weighted by Crippen LogP contribution is -2.37. The first-order chi connectivity index (χ1) is 9.17. The maximum atomic E-state index is 10.7. The van der Waals surface area contributed by atoms with Crippen molar-refractivity contribution in [1.29, 1.82) is 0 Å². The molecule has 0 spiro atoms. The van der Waals surface area contributed by atoms with Crippen molar-refractivity contribution in [3.8, 4) is 0 Å². The number of unbranched alkanes of at least 4 members (excludes halogenated alkanes) is 1. The highest BCUT2D eigenvalue weighted by molar-refractivity contribution is 14.0. The normalized spacial score (nSPS) is 10.6. The molecule has 0 aliphatic carbocycles. The number of nitro groups is 1. The van der Waals surface area contributed by atoms with Crippen LogP contribution in [0.3, 0.4) is 0 Å². The first kappa shape index (κ1) is 18.6. The number of halogens is 1. The summed E-state index contributed by atoms with van der Waals surface area (Å²) in [6.07, 6.45) is 2.20. The number of guanidine groups is 1. The average molecular weight is 392 g/mol. The minimum atomic E-state index is -0.391. The molecule has 1 rings (SSSR count). The van der Waals surface area contributed by atoms with Crippen LogP contribution in [0.25, 0.3) is 0 Å². The Bertz CT molecular complexity index is 452. The van der Waals surface area contributed by atoms with Crippen molar-refractivity contribution in [2.75, 3.05) is 13.6 Å². The quantitative estimate of drug-likeness (QED) is 0.195. The van der Waals surface area contributed by atoms with Crippen LogP contribution in [0.15, 0.2) is 29.3 Å². The molecule has 7 heteroatoms. The molecule has 0 atom stereocenters. The second-order valence-electron chi connectivity index (χ2n) is 4.13. The highest BCUT2D eigenvalue weighted by atomic mass is 127. The van der Waals surface area contributed by atoms with Gasteiger partial charge in [-0.25, -0.2) is 0 Å². The predicted molar refractivity (Wildman–Crippen MR) is 91.6 cm³/mol. The summed E-state index contributed by atoms with van der Waals surface area (Å²) in [5.74, 6) is 0.708. The van der Waals surface area contributed by atoms with Gasteiger partial charge in [0, 0.05) is 32.3 Å². The number of non-ortho nitro benzene ring substituents is 1. The van der Waals surface area contributed by atoms with Gasteiger partial charge in [-0.1, -0.05) is 25.5 Å². The van der Waals surface area contributed by atoms with E-state index in [0.717, 1.165) is 24.9 Å². The topological polar surface area (TPSA) is 79.6 Å². The van der Waals surface area contributed by atoms with Gasteiger partial charge < -0.3 is 10.6 Å². The Morgan fingerprint density at radius 2 is 2.15 bits per heavy atom. The van der Waals surface area contributed by atoms with E-state index in [4.69, 9.17) is 0 Å². The van der Waals surface area contributed by atoms with Crippen molar-refractivity contribution < 1.29 is 4.92 Å². The van der Waals surface area contributed by atoms with Crippen LogP contribution in [0.2, 0.25) is 0 Å². The molecule has 0 aliphatic rings. The molecule has 0 saturated heterocycles. The number of hydrogen-bond donors (Lipinski definition) is 2. The predicted octanol–water partition coefficient (Wildman–Crippen LogP) is 2.68. The zero-order valence-electron chi connectivity index (χ0n) is 11.8. The van der Waals surface area contributed by atoms with Crippen LogP contribution in [0.5, 0.6) is 0 Å². The zero-order valence-corrected chi connectivity index (χ0v) is 14.1. The lowest BCUT2D eigenvalue weighted by atomic mass is 10.2. The van der Waals surface area contributed by atoms with Crippen molar-refractivity contribution >= 4 is 35.6 Å². The Balaban J connectivity index is 0.00000361. The summed E-state index contributed by atoms with van der Waals surface area (Å²) in [4.78, 5) is 14.4. The minimum absolute atomic E-state index is 0. The van der Waals surface area contributed by atoms with E-state index < -0.39 is 4.92 Å². The van der Waals surface area contributed by atoms with E-state index in [0.29, 0.717) is 12.5 Å². The fourth-order valence-corrected chi connectivity index (χ4v) is 1.57. The van der Waals surface area contributed by atoms with E-state index in [9.17, 15) is 10.1 Å². The monoisotopic (exact) mass is 392 g/mol. The Morgan fingerprint density at radius 1 is 1.40 bits per heavy atom. The smallest absolute Gasteiger partial charge is 0.269 e. The van der Waals surface area contributed by atoms with Gasteiger partial charge in [-0.15, -0.1) is 24.0 Å². The lowest BCUT2D eigenvalue weighted by Gasteiger charge is -2.11. The SMILES string of the molecule is CCCCNC(=NC)NCc1cccc([N+](=O)[O-])c1.I. The second kappa shape index (κ2) is 10.4. The van der Waals surface area contributed by atoms with E-state index in [1.54, 1.807) is 19.2 Å². The molecule has 0 radical (unpaired) electrons. The maximum absolute atomic E-state index is 10.7. The van der Waals surface area contributed by atoms with Gasteiger partial charge in [-0.2, -0.15) is 0 Å². The highest BCUT2D eigenvalue weighted by Gasteiger charge is 2.05. The summed E-state index contributed by atoms with van der Waals surface area (Å²) in [6.45, 7) is 3.50. The summed E-state index contributed by atoms with van der Waals surface area (Å²) in [7, 11) is 1.70. The molecular formula is C13H21IN4O2. The molecule has 0 fully saturated rings. The van der Waals surface area contributed by atoms with E-state index in [2.05, 4.69) is 22.5 Å². The van der Waals surface area contributed by atoms with Crippen molar-refractivity contribution in [2.45, 2.75) is 26.3 Å². The van der Waals surface area contributed by atoms with Gasteiger partial charge in [-0.3, -0.25) is 15.1 Å². The number of nitrogens with zero attached hydrogens (tertiary/aromatic N) is 2. The van der Waals surface area contributed by atoms with Gasteiger partial charge >= 0.3 is 0 Å². The molecule has 1 aromatic rings. The van der Waals surface area contributed by atoms with E-state index >= 15 is 0 Å². The molecule has 6 nitrogen and oxygen atoms in total. The summed E-state index contributed by atoms with van der Waals surface area (Å²) >= 11 is 0. The minimum Gasteiger partial charge on any atom is -0.356 e. The molecule has 20 heavy (non-hydrogen) atoms. The van der Waals surface area contributed by atoms with Crippen molar-refractivity contribution in [3.05, 3.63) is 39.9 Å². The van der Waals surface area contributed by atoms with Crippen LogP contribution >= 0.6 is 24.0 Å². The van der Waals surface area contributed by atoms with Gasteiger partial charge in [0.1, 0.15) is 0 Å². The molecule has 0 saturated carbocycles. The van der Waals surface area contributed by atoms with Crippen LogP contribution in [0, 0.1) is 10.1 Å². The molecule has 0 aliphatic heterocycles. The first-order valence-electron chi connectivity index (χ1n) is 6.35. The third-order valence-corrected chi connectivity index (χ3v) is 2.63. The average Bonchev–Trinajstić information content (AvgIpc) is 2.43. The third kappa shape index (κ3) is 6.69. The number of aliphatic imine (C=N–C) groups is 1. The summed E-state index contributed by atoms with van der Waals surface area (Å²) in [5.41, 5.74) is 0.959. The Labute approximate surface area is 136 Å². The molecule has 0 aromatic heterocycles. The number of nitro benzene ring substituents is 1. The number of nitrogens with one attached hydrogen (secondary N) is 2. The Hall–Kier alpha value is -1.38. The summed E-state index contributed by atoms with van der Waals surface area (Å²) in [6, 6.07) is 6.58. The summed E-state index contributed by atoms with van der Waals surface area (Å²) < 4.78 is 0. The van der Waals surface area contributed by atoms with E-state index in [1.165, 1.54) is 6.07 Å². The van der Waals surface area contributed by atoms with Gasteiger partial charge in [-0.05, 0) is 12.0 Å². The largest absolute Gasteiger partial charge is 0.356 e. The first-order valence-corrected chi connectivity index (χ1v) is 6.35. The molecule has 0 bridgehead atoms. The Kier molecular flexibility index (Phi) is 9.69. The van der Waals surface area contributed by atoms with Gasteiger partial charge in [0.15, 0.2) is 5.96 Å². The van der Waals surface area contributed by atoms with Gasteiger partial charge in [0.25, 0.3) is 5.69 Å². The van der Waals surface area contributed by atoms with Crippen LogP contribution in [0.4, 0.5) is 5.69 Å². The van der Waals surface area contributed by atoms with Crippen LogP contribution < -0.4 is 10.6 Å². The molecule has 2 N–H and O–H groups in total. The Morgan fingerprint density at radius 3 is 2.75 bits per heavy atom. The van der Waals surface area contributed by atoms with Crippen molar-refractivity contribution in [3.63, 3.8) is 0 Å². The van der Waals surface area contributed by atoms with Crippen LogP contribution in [-0.2, 0) is 6.54 Å². The van der Waals surface area contributed by atoms with Gasteiger partial charge in [0.2, 0.25) is 0 Å². The molecule has 112 valence electrons. The highest BCUT2D eigenvalue weighted by Crippen LogP contribution is 2.12. The van der Waals surface area contributed by atoms with E-state index in [1.807, 2.05) is 6.07 Å². The van der Waals surface area contributed by atoms with Crippen LogP contribution in [-0.4, -0.2) is 24.5 Å². The molecule has 0 amide bonds. The van der Waals surface area contributed by atoms with Crippen LogP contribution in [0.1, 0.15) is 25.3 Å². The lowest BCUT2D eigenvalue weighted by molar-refractivity contribution is -0.384. The number of rotatable bonds is 6. The van der Waals surface area contributed by atoms with Crippen molar-refractivity contribution in [2.24, 2.45) is 4.99 Å². The fraction of sp³-hybridized carbons (Fsp3) is 0.462. The molecule has 1 aromatic carbocycles. The fourth-order valence-electron chi connectivity index (χ4n) is 1.57. The molecule has 0 unspecified atom stereocenters. The zero-order chi connectivity index (χ0) is 14.1. The number of benzene rings is 1.